The van der Waals surface area contributed by atoms with E-state index in [4.69, 9.17) is 16.3 Å². The lowest BCUT2D eigenvalue weighted by atomic mass is 10.2. The molecule has 0 radical (unpaired) electrons. The first kappa shape index (κ1) is 14.2. The van der Waals surface area contributed by atoms with Crippen molar-refractivity contribution in [3.8, 4) is 5.75 Å². The Morgan fingerprint density at radius 3 is 2.75 bits per heavy atom. The van der Waals surface area contributed by atoms with E-state index in [1.807, 2.05) is 24.3 Å². The quantitative estimate of drug-likeness (QED) is 0.863. The highest BCUT2D eigenvalue weighted by Crippen LogP contribution is 2.19. The van der Waals surface area contributed by atoms with Crippen LogP contribution in [0.3, 0.4) is 0 Å². The summed E-state index contributed by atoms with van der Waals surface area (Å²) < 4.78 is 5.21. The van der Waals surface area contributed by atoms with Crippen LogP contribution in [-0.2, 0) is 4.79 Å². The number of methoxy groups -OCH3 is 1. The maximum atomic E-state index is 11.8. The van der Waals surface area contributed by atoms with Crippen LogP contribution >= 0.6 is 11.6 Å². The molecule has 0 unspecified atom stereocenters. The minimum atomic E-state index is -0.224. The number of hydrogen-bond donors (Lipinski definition) is 1. The van der Waals surface area contributed by atoms with Crippen LogP contribution < -0.4 is 10.1 Å². The van der Waals surface area contributed by atoms with Crippen molar-refractivity contribution < 1.29 is 9.53 Å². The van der Waals surface area contributed by atoms with Crippen molar-refractivity contribution >= 4 is 29.3 Å². The average molecular weight is 288 g/mol. The highest BCUT2D eigenvalue weighted by molar-refractivity contribution is 6.30. The van der Waals surface area contributed by atoms with Crippen molar-refractivity contribution in [1.82, 2.24) is 0 Å². The van der Waals surface area contributed by atoms with Gasteiger partial charge >= 0.3 is 0 Å². The second-order valence-electron chi connectivity index (χ2n) is 4.07. The minimum Gasteiger partial charge on any atom is -0.496 e. The number of benzene rings is 2. The molecule has 1 amide bonds. The van der Waals surface area contributed by atoms with Crippen molar-refractivity contribution in [2.75, 3.05) is 12.4 Å². The smallest absolute Gasteiger partial charge is 0.248 e. The van der Waals surface area contributed by atoms with Gasteiger partial charge in [0.05, 0.1) is 7.11 Å². The number of rotatable bonds is 4. The molecule has 0 saturated heterocycles. The van der Waals surface area contributed by atoms with Crippen molar-refractivity contribution in [3.63, 3.8) is 0 Å². The second kappa shape index (κ2) is 6.78. The van der Waals surface area contributed by atoms with E-state index in [1.165, 1.54) is 6.08 Å². The molecule has 0 fully saturated rings. The largest absolute Gasteiger partial charge is 0.496 e. The monoisotopic (exact) mass is 287 g/mol. The van der Waals surface area contributed by atoms with E-state index in [1.54, 1.807) is 37.5 Å². The summed E-state index contributed by atoms with van der Waals surface area (Å²) in [5.41, 5.74) is 1.50. The highest BCUT2D eigenvalue weighted by Gasteiger charge is 2.00. The number of amides is 1. The molecule has 0 spiro atoms. The third-order valence-electron chi connectivity index (χ3n) is 2.65. The van der Waals surface area contributed by atoms with Gasteiger partial charge in [0.2, 0.25) is 5.91 Å². The molecule has 0 bridgehead atoms. The number of ether oxygens (including phenoxy) is 1. The Balaban J connectivity index is 2.06. The Kier molecular flexibility index (Phi) is 4.80. The zero-order valence-electron chi connectivity index (χ0n) is 11.0. The zero-order valence-corrected chi connectivity index (χ0v) is 11.7. The molecular formula is C16H14ClNO2. The number of nitrogens with one attached hydrogen (secondary N) is 1. The van der Waals surface area contributed by atoms with Gasteiger partial charge in [-0.05, 0) is 30.3 Å². The van der Waals surface area contributed by atoms with Gasteiger partial charge in [0.25, 0.3) is 0 Å². The molecule has 0 aliphatic heterocycles. The molecule has 20 heavy (non-hydrogen) atoms. The predicted octanol–water partition coefficient (Wildman–Crippen LogP) is 4.00. The predicted molar refractivity (Wildman–Crippen MR) is 82.1 cm³/mol. The number of anilines is 1. The molecule has 3 nitrogen and oxygen atoms in total. The first-order valence-electron chi connectivity index (χ1n) is 6.06. The summed E-state index contributed by atoms with van der Waals surface area (Å²) in [6.07, 6.45) is 3.16. The maximum absolute atomic E-state index is 11.8. The number of carbonyl (C=O) groups is 1. The standard InChI is InChI=1S/C16H14ClNO2/c1-20-15-8-3-2-5-12(15)9-10-16(19)18-14-7-4-6-13(17)11-14/h2-11H,1H3,(H,18,19). The van der Waals surface area contributed by atoms with E-state index in [-0.39, 0.29) is 5.91 Å². The van der Waals surface area contributed by atoms with Gasteiger partial charge in [-0.25, -0.2) is 0 Å². The average Bonchev–Trinajstić information content (AvgIpc) is 2.45. The highest BCUT2D eigenvalue weighted by atomic mass is 35.5. The molecule has 1 N–H and O–H groups in total. The fraction of sp³-hybridized carbons (Fsp3) is 0.0625. The van der Waals surface area contributed by atoms with Crippen molar-refractivity contribution in [2.24, 2.45) is 0 Å². The second-order valence-corrected chi connectivity index (χ2v) is 4.51. The van der Waals surface area contributed by atoms with Gasteiger partial charge in [-0.2, -0.15) is 0 Å². The molecule has 4 heteroatoms. The zero-order chi connectivity index (χ0) is 14.4. The fourth-order valence-corrected chi connectivity index (χ4v) is 1.91. The summed E-state index contributed by atoms with van der Waals surface area (Å²) in [6, 6.07) is 14.5. The molecule has 0 aliphatic rings. The van der Waals surface area contributed by atoms with Crippen molar-refractivity contribution in [2.45, 2.75) is 0 Å². The Morgan fingerprint density at radius 1 is 1.20 bits per heavy atom. The number of carbonyl (C=O) groups excluding carboxylic acids is 1. The van der Waals surface area contributed by atoms with E-state index >= 15 is 0 Å². The van der Waals surface area contributed by atoms with Crippen LogP contribution in [0.15, 0.2) is 54.6 Å². The summed E-state index contributed by atoms with van der Waals surface area (Å²) in [7, 11) is 1.60. The van der Waals surface area contributed by atoms with Crippen LogP contribution in [0, 0.1) is 0 Å². The first-order chi connectivity index (χ1) is 9.69. The van der Waals surface area contributed by atoms with Gasteiger partial charge < -0.3 is 10.1 Å². The van der Waals surface area contributed by atoms with E-state index in [2.05, 4.69) is 5.32 Å². The Labute approximate surface area is 122 Å². The van der Waals surface area contributed by atoms with E-state index < -0.39 is 0 Å². The van der Waals surface area contributed by atoms with E-state index in [9.17, 15) is 4.79 Å². The van der Waals surface area contributed by atoms with Crippen LogP contribution in [-0.4, -0.2) is 13.0 Å². The molecule has 0 atom stereocenters. The Bertz CT molecular complexity index is 638. The van der Waals surface area contributed by atoms with Crippen molar-refractivity contribution in [1.29, 1.82) is 0 Å². The molecule has 2 aromatic carbocycles. The first-order valence-corrected chi connectivity index (χ1v) is 6.44. The van der Waals surface area contributed by atoms with Gasteiger partial charge in [-0.1, -0.05) is 35.9 Å². The Morgan fingerprint density at radius 2 is 2.00 bits per heavy atom. The van der Waals surface area contributed by atoms with Crippen LogP contribution in [0.4, 0.5) is 5.69 Å². The molecule has 0 heterocycles. The van der Waals surface area contributed by atoms with Crippen molar-refractivity contribution in [3.05, 3.63) is 65.2 Å². The van der Waals surface area contributed by atoms with Gasteiger partial charge in [0, 0.05) is 22.3 Å². The van der Waals surface area contributed by atoms with Crippen LogP contribution in [0.25, 0.3) is 6.08 Å². The fourth-order valence-electron chi connectivity index (χ4n) is 1.72. The molecule has 102 valence electrons. The molecule has 0 aliphatic carbocycles. The molecule has 2 rings (SSSR count). The summed E-state index contributed by atoms with van der Waals surface area (Å²) in [4.78, 5) is 11.8. The number of hydrogen-bond acceptors (Lipinski definition) is 2. The van der Waals surface area contributed by atoms with E-state index in [0.29, 0.717) is 10.7 Å². The van der Waals surface area contributed by atoms with Gasteiger partial charge in [-0.3, -0.25) is 4.79 Å². The molecular weight excluding hydrogens is 274 g/mol. The minimum absolute atomic E-state index is 0.224. The number of halogens is 1. The summed E-state index contributed by atoms with van der Waals surface area (Å²) in [5.74, 6) is 0.498. The van der Waals surface area contributed by atoms with Gasteiger partial charge in [0.1, 0.15) is 5.75 Å². The SMILES string of the molecule is COc1ccccc1C=CC(=O)Nc1cccc(Cl)c1. The third kappa shape index (κ3) is 3.87. The van der Waals surface area contributed by atoms with Gasteiger partial charge in [0.15, 0.2) is 0 Å². The number of para-hydroxylation sites is 1. The molecule has 2 aromatic rings. The lowest BCUT2D eigenvalue weighted by molar-refractivity contribution is -0.111. The van der Waals surface area contributed by atoms with Crippen LogP contribution in [0.2, 0.25) is 5.02 Å². The Hall–Kier alpha value is -2.26. The molecule has 0 saturated carbocycles. The van der Waals surface area contributed by atoms with Crippen LogP contribution in [0.1, 0.15) is 5.56 Å². The molecule has 0 aromatic heterocycles. The topological polar surface area (TPSA) is 38.3 Å². The summed E-state index contributed by atoms with van der Waals surface area (Å²) in [6.45, 7) is 0. The summed E-state index contributed by atoms with van der Waals surface area (Å²) in [5, 5.41) is 3.32. The lowest BCUT2D eigenvalue weighted by Gasteiger charge is -2.04. The van der Waals surface area contributed by atoms with Gasteiger partial charge in [-0.15, -0.1) is 0 Å². The normalized spacial score (nSPS) is 10.5. The maximum Gasteiger partial charge on any atom is 0.248 e. The lowest BCUT2D eigenvalue weighted by Crippen LogP contribution is -2.07. The van der Waals surface area contributed by atoms with Crippen LogP contribution in [0.5, 0.6) is 5.75 Å². The third-order valence-corrected chi connectivity index (χ3v) is 2.88. The summed E-state index contributed by atoms with van der Waals surface area (Å²) >= 11 is 5.85. The van der Waals surface area contributed by atoms with E-state index in [0.717, 1.165) is 11.3 Å².